The van der Waals surface area contributed by atoms with E-state index in [4.69, 9.17) is 0 Å². The van der Waals surface area contributed by atoms with Crippen molar-refractivity contribution in [2.45, 2.75) is 46.0 Å². The molecule has 1 saturated heterocycles. The Morgan fingerprint density at radius 3 is 2.33 bits per heavy atom. The van der Waals surface area contributed by atoms with Gasteiger partial charge in [0.2, 0.25) is 0 Å². The van der Waals surface area contributed by atoms with Crippen molar-refractivity contribution < 1.29 is 4.39 Å². The lowest BCUT2D eigenvalue weighted by atomic mass is 9.88. The summed E-state index contributed by atoms with van der Waals surface area (Å²) in [4.78, 5) is 2.24. The molecule has 0 unspecified atom stereocenters. The van der Waals surface area contributed by atoms with Gasteiger partial charge in [0.1, 0.15) is 5.82 Å². The van der Waals surface area contributed by atoms with Gasteiger partial charge in [-0.25, -0.2) is 4.39 Å². The third-order valence-electron chi connectivity index (χ3n) is 4.18. The van der Waals surface area contributed by atoms with E-state index in [1.807, 2.05) is 6.07 Å². The predicted octanol–water partition coefficient (Wildman–Crippen LogP) is 4.58. The molecule has 1 fully saturated rings. The molecule has 0 bridgehead atoms. The van der Waals surface area contributed by atoms with Crippen molar-refractivity contribution in [1.29, 1.82) is 0 Å². The summed E-state index contributed by atoms with van der Waals surface area (Å²) in [5, 5.41) is 0. The van der Waals surface area contributed by atoms with Crippen LogP contribution >= 0.6 is 0 Å². The second kappa shape index (κ2) is 5.73. The highest BCUT2D eigenvalue weighted by atomic mass is 19.1. The van der Waals surface area contributed by atoms with Gasteiger partial charge in [0, 0.05) is 13.1 Å². The van der Waals surface area contributed by atoms with E-state index < -0.39 is 0 Å². The highest BCUT2D eigenvalue weighted by molar-refractivity contribution is 5.56. The molecule has 1 aliphatic heterocycles. The van der Waals surface area contributed by atoms with Gasteiger partial charge in [-0.1, -0.05) is 32.9 Å². The van der Waals surface area contributed by atoms with Crippen LogP contribution in [0.15, 0.2) is 18.2 Å². The quantitative estimate of drug-likeness (QED) is 0.758. The van der Waals surface area contributed by atoms with E-state index in [1.54, 1.807) is 6.07 Å². The molecule has 1 aromatic rings. The van der Waals surface area contributed by atoms with Gasteiger partial charge in [-0.3, -0.25) is 0 Å². The van der Waals surface area contributed by atoms with Crippen LogP contribution in [-0.2, 0) is 0 Å². The van der Waals surface area contributed by atoms with E-state index in [2.05, 4.69) is 31.7 Å². The van der Waals surface area contributed by atoms with Crippen molar-refractivity contribution in [1.82, 2.24) is 0 Å². The Bertz CT molecular complexity index is 394. The van der Waals surface area contributed by atoms with E-state index in [0.717, 1.165) is 18.8 Å². The van der Waals surface area contributed by atoms with Crippen molar-refractivity contribution in [2.75, 3.05) is 18.0 Å². The fourth-order valence-electron chi connectivity index (χ4n) is 2.71. The summed E-state index contributed by atoms with van der Waals surface area (Å²) in [6, 6.07) is 5.54. The molecule has 1 heterocycles. The van der Waals surface area contributed by atoms with Gasteiger partial charge in [-0.05, 0) is 42.7 Å². The smallest absolute Gasteiger partial charge is 0.146 e. The minimum atomic E-state index is -0.0538. The van der Waals surface area contributed by atoms with E-state index in [1.165, 1.54) is 24.8 Å². The highest BCUT2D eigenvalue weighted by Crippen LogP contribution is 2.35. The van der Waals surface area contributed by atoms with Gasteiger partial charge in [-0.15, -0.1) is 0 Å². The van der Waals surface area contributed by atoms with Crippen LogP contribution in [-0.4, -0.2) is 13.1 Å². The SMILES string of the molecule is CC(C)[C@H](C)c1cccc(F)c1N1CCCCC1. The second-order valence-electron chi connectivity index (χ2n) is 5.76. The maximum absolute atomic E-state index is 14.2. The van der Waals surface area contributed by atoms with Gasteiger partial charge in [0.15, 0.2) is 0 Å². The van der Waals surface area contributed by atoms with Gasteiger partial charge in [0.05, 0.1) is 5.69 Å². The lowest BCUT2D eigenvalue weighted by Gasteiger charge is -2.33. The first kappa shape index (κ1) is 13.4. The van der Waals surface area contributed by atoms with Crippen molar-refractivity contribution in [3.8, 4) is 0 Å². The van der Waals surface area contributed by atoms with E-state index in [0.29, 0.717) is 11.8 Å². The summed E-state index contributed by atoms with van der Waals surface area (Å²) in [6.07, 6.45) is 3.65. The third kappa shape index (κ3) is 2.68. The molecular weight excluding hydrogens is 225 g/mol. The lowest BCUT2D eigenvalue weighted by molar-refractivity contribution is 0.517. The normalized spacial score (nSPS) is 18.2. The minimum Gasteiger partial charge on any atom is -0.369 e. The van der Waals surface area contributed by atoms with E-state index >= 15 is 0 Å². The number of anilines is 1. The average molecular weight is 249 g/mol. The largest absolute Gasteiger partial charge is 0.369 e. The molecule has 0 saturated carbocycles. The molecule has 100 valence electrons. The molecule has 0 spiro atoms. The molecular formula is C16H24FN. The van der Waals surface area contributed by atoms with Crippen LogP contribution in [0.3, 0.4) is 0 Å². The van der Waals surface area contributed by atoms with Crippen molar-refractivity contribution >= 4 is 5.69 Å². The minimum absolute atomic E-state index is 0.0538. The number of rotatable bonds is 3. The van der Waals surface area contributed by atoms with Crippen LogP contribution in [0.5, 0.6) is 0 Å². The zero-order valence-corrected chi connectivity index (χ0v) is 11.7. The number of halogens is 1. The first-order chi connectivity index (χ1) is 8.61. The molecule has 2 heteroatoms. The number of para-hydroxylation sites is 1. The van der Waals surface area contributed by atoms with E-state index in [9.17, 15) is 4.39 Å². The second-order valence-corrected chi connectivity index (χ2v) is 5.76. The molecule has 0 radical (unpaired) electrons. The van der Waals surface area contributed by atoms with Gasteiger partial charge in [0.25, 0.3) is 0 Å². The fraction of sp³-hybridized carbons (Fsp3) is 0.625. The molecule has 1 atom stereocenters. The van der Waals surface area contributed by atoms with Crippen molar-refractivity contribution in [3.63, 3.8) is 0 Å². The number of hydrogen-bond donors (Lipinski definition) is 0. The zero-order valence-electron chi connectivity index (χ0n) is 11.7. The first-order valence-corrected chi connectivity index (χ1v) is 7.14. The van der Waals surface area contributed by atoms with Gasteiger partial charge >= 0.3 is 0 Å². The molecule has 2 rings (SSSR count). The van der Waals surface area contributed by atoms with Crippen LogP contribution in [0, 0.1) is 11.7 Å². The summed E-state index contributed by atoms with van der Waals surface area (Å²) in [7, 11) is 0. The van der Waals surface area contributed by atoms with Gasteiger partial charge in [-0.2, -0.15) is 0 Å². The van der Waals surface area contributed by atoms with Crippen LogP contribution in [0.4, 0.5) is 10.1 Å². The Kier molecular flexibility index (Phi) is 4.26. The average Bonchev–Trinajstić information content (AvgIpc) is 2.38. The Hall–Kier alpha value is -1.05. The number of hydrogen-bond acceptors (Lipinski definition) is 1. The molecule has 1 aromatic carbocycles. The Morgan fingerprint density at radius 1 is 1.06 bits per heavy atom. The molecule has 1 aliphatic rings. The van der Waals surface area contributed by atoms with Crippen molar-refractivity contribution in [2.24, 2.45) is 5.92 Å². The molecule has 0 amide bonds. The molecule has 18 heavy (non-hydrogen) atoms. The summed E-state index contributed by atoms with van der Waals surface area (Å²) in [5.41, 5.74) is 2.03. The summed E-state index contributed by atoms with van der Waals surface area (Å²) < 4.78 is 14.2. The Balaban J connectivity index is 2.37. The standard InChI is InChI=1S/C16H24FN/c1-12(2)13(3)14-8-7-9-15(17)16(14)18-10-5-4-6-11-18/h7-9,12-13H,4-6,10-11H2,1-3H3/t13-/m0/s1. The van der Waals surface area contributed by atoms with Crippen molar-refractivity contribution in [3.05, 3.63) is 29.6 Å². The highest BCUT2D eigenvalue weighted by Gasteiger charge is 2.22. The maximum Gasteiger partial charge on any atom is 0.146 e. The van der Waals surface area contributed by atoms with Crippen LogP contribution < -0.4 is 4.90 Å². The van der Waals surface area contributed by atoms with Crippen LogP contribution in [0.2, 0.25) is 0 Å². The lowest BCUT2D eigenvalue weighted by Crippen LogP contribution is -2.31. The number of benzene rings is 1. The molecule has 0 aliphatic carbocycles. The maximum atomic E-state index is 14.2. The number of nitrogens with zero attached hydrogens (tertiary/aromatic N) is 1. The molecule has 0 aromatic heterocycles. The fourth-order valence-corrected chi connectivity index (χ4v) is 2.71. The number of piperidine rings is 1. The monoisotopic (exact) mass is 249 g/mol. The summed E-state index contributed by atoms with van der Waals surface area (Å²) in [6.45, 7) is 8.61. The topological polar surface area (TPSA) is 3.24 Å². The third-order valence-corrected chi connectivity index (χ3v) is 4.18. The first-order valence-electron chi connectivity index (χ1n) is 7.14. The Labute approximate surface area is 110 Å². The Morgan fingerprint density at radius 2 is 1.72 bits per heavy atom. The molecule has 0 N–H and O–H groups in total. The van der Waals surface area contributed by atoms with Crippen LogP contribution in [0.1, 0.15) is 51.5 Å². The summed E-state index contributed by atoms with van der Waals surface area (Å²) in [5.74, 6) is 0.884. The predicted molar refractivity (Wildman–Crippen MR) is 75.7 cm³/mol. The zero-order chi connectivity index (χ0) is 13.1. The van der Waals surface area contributed by atoms with Gasteiger partial charge < -0.3 is 4.90 Å². The molecule has 1 nitrogen and oxygen atoms in total. The summed E-state index contributed by atoms with van der Waals surface area (Å²) >= 11 is 0. The van der Waals surface area contributed by atoms with Crippen LogP contribution in [0.25, 0.3) is 0 Å². The van der Waals surface area contributed by atoms with E-state index in [-0.39, 0.29) is 5.82 Å².